The van der Waals surface area contributed by atoms with E-state index in [4.69, 9.17) is 9.47 Å². The van der Waals surface area contributed by atoms with Crippen LogP contribution in [-0.2, 0) is 0 Å². The lowest BCUT2D eigenvalue weighted by Crippen LogP contribution is -1.90. The van der Waals surface area contributed by atoms with Gasteiger partial charge in [-0.25, -0.2) is 0 Å². The minimum Gasteiger partial charge on any atom is -0.494 e. The van der Waals surface area contributed by atoms with Gasteiger partial charge in [-0.1, -0.05) is 0 Å². The summed E-state index contributed by atoms with van der Waals surface area (Å²) in [6, 6.07) is 7.34. The van der Waals surface area contributed by atoms with Crippen molar-refractivity contribution >= 4 is 0 Å². The number of benzene rings is 1. The Labute approximate surface area is 66.8 Å². The lowest BCUT2D eigenvalue weighted by atomic mass is 10.3. The van der Waals surface area contributed by atoms with Gasteiger partial charge in [-0.3, -0.25) is 0 Å². The van der Waals surface area contributed by atoms with Crippen molar-refractivity contribution in [3.63, 3.8) is 0 Å². The van der Waals surface area contributed by atoms with Gasteiger partial charge >= 0.3 is 0 Å². The van der Waals surface area contributed by atoms with Crippen LogP contribution in [0.5, 0.6) is 11.5 Å². The van der Waals surface area contributed by atoms with E-state index in [1.165, 1.54) is 0 Å². The Bertz CT molecular complexity index is 203. The molecule has 59 valence electrons. The Kier molecular flexibility index (Phi) is 2.78. The lowest BCUT2D eigenvalue weighted by molar-refractivity contribution is 0.339. The molecule has 1 aromatic rings. The number of rotatable bonds is 3. The predicted octanol–water partition coefficient (Wildman–Crippen LogP) is 2.26. The molecule has 2 heteroatoms. The van der Waals surface area contributed by atoms with Gasteiger partial charge in [0.1, 0.15) is 18.6 Å². The van der Waals surface area contributed by atoms with Crippen LogP contribution in [0.25, 0.3) is 0 Å². The second kappa shape index (κ2) is 3.86. The second-order valence-electron chi connectivity index (χ2n) is 2.05. The first-order valence-electron chi connectivity index (χ1n) is 3.51. The maximum atomic E-state index is 5.23. The van der Waals surface area contributed by atoms with Crippen LogP contribution >= 0.6 is 0 Å². The summed E-state index contributed by atoms with van der Waals surface area (Å²) >= 11 is 0. The monoisotopic (exact) mass is 151 g/mol. The molecule has 11 heavy (non-hydrogen) atoms. The summed E-state index contributed by atoms with van der Waals surface area (Å²) < 4.78 is 9.97. The first-order chi connectivity index (χ1) is 5.36. The van der Waals surface area contributed by atoms with Gasteiger partial charge in [0.25, 0.3) is 0 Å². The highest BCUT2D eigenvalue weighted by atomic mass is 16.5. The van der Waals surface area contributed by atoms with Gasteiger partial charge < -0.3 is 9.47 Å². The zero-order valence-corrected chi connectivity index (χ0v) is 6.54. The third-order valence-electron chi connectivity index (χ3n) is 1.30. The van der Waals surface area contributed by atoms with Crippen LogP contribution in [0.3, 0.4) is 0 Å². The lowest BCUT2D eigenvalue weighted by Gasteiger charge is -2.02. The van der Waals surface area contributed by atoms with E-state index in [0.29, 0.717) is 6.61 Å². The molecule has 0 aliphatic rings. The number of hydrogen-bond acceptors (Lipinski definition) is 2. The van der Waals surface area contributed by atoms with Crippen molar-refractivity contribution < 1.29 is 9.47 Å². The molecule has 0 fully saturated rings. The summed E-state index contributed by atoms with van der Waals surface area (Å²) in [5, 5.41) is 0. The second-order valence-corrected chi connectivity index (χ2v) is 2.05. The van der Waals surface area contributed by atoms with Crippen molar-refractivity contribution in [2.24, 2.45) is 0 Å². The summed E-state index contributed by atoms with van der Waals surface area (Å²) in [5.74, 6) is 1.60. The van der Waals surface area contributed by atoms with Gasteiger partial charge in [0.2, 0.25) is 0 Å². The van der Waals surface area contributed by atoms with Crippen molar-refractivity contribution in [1.82, 2.24) is 0 Å². The van der Waals surface area contributed by atoms with Gasteiger partial charge in [-0.05, 0) is 31.2 Å². The molecular weight excluding hydrogens is 140 g/mol. The van der Waals surface area contributed by atoms with Crippen LogP contribution < -0.4 is 9.47 Å². The average molecular weight is 151 g/mol. The zero-order valence-electron chi connectivity index (χ0n) is 6.54. The molecule has 0 atom stereocenters. The van der Waals surface area contributed by atoms with Crippen molar-refractivity contribution in [3.8, 4) is 11.5 Å². The van der Waals surface area contributed by atoms with Gasteiger partial charge in [-0.15, -0.1) is 0 Å². The Morgan fingerprint density at radius 3 is 2.18 bits per heavy atom. The van der Waals surface area contributed by atoms with Gasteiger partial charge in [-0.2, -0.15) is 0 Å². The third-order valence-corrected chi connectivity index (χ3v) is 1.30. The minimum absolute atomic E-state index is 0.685. The molecular formula is C9H11O2. The Morgan fingerprint density at radius 2 is 1.73 bits per heavy atom. The highest BCUT2D eigenvalue weighted by Crippen LogP contribution is 2.16. The quantitative estimate of drug-likeness (QED) is 0.659. The van der Waals surface area contributed by atoms with E-state index >= 15 is 0 Å². The van der Waals surface area contributed by atoms with Crippen molar-refractivity contribution in [2.75, 3.05) is 6.61 Å². The Hall–Kier alpha value is -1.18. The molecule has 0 unspecified atom stereocenters. The van der Waals surface area contributed by atoms with Crippen LogP contribution in [0.1, 0.15) is 6.92 Å². The van der Waals surface area contributed by atoms with Crippen LogP contribution in [0, 0.1) is 7.11 Å². The van der Waals surface area contributed by atoms with E-state index in [0.717, 1.165) is 11.5 Å². The summed E-state index contributed by atoms with van der Waals surface area (Å²) in [6.07, 6.45) is 0. The fourth-order valence-corrected chi connectivity index (χ4v) is 0.799. The predicted molar refractivity (Wildman–Crippen MR) is 43.6 cm³/mol. The van der Waals surface area contributed by atoms with E-state index in [9.17, 15) is 0 Å². The van der Waals surface area contributed by atoms with Crippen LogP contribution in [0.4, 0.5) is 0 Å². The molecule has 0 amide bonds. The Morgan fingerprint density at radius 1 is 1.18 bits per heavy atom. The van der Waals surface area contributed by atoms with Crippen LogP contribution in [0.15, 0.2) is 24.3 Å². The molecule has 1 radical (unpaired) electrons. The number of hydrogen-bond donors (Lipinski definition) is 0. The summed E-state index contributed by atoms with van der Waals surface area (Å²) in [7, 11) is 3.29. The first kappa shape index (κ1) is 7.92. The molecule has 0 heterocycles. The van der Waals surface area contributed by atoms with E-state index in [2.05, 4.69) is 7.11 Å². The van der Waals surface area contributed by atoms with Crippen molar-refractivity contribution in [2.45, 2.75) is 6.92 Å². The molecule has 0 bridgehead atoms. The van der Waals surface area contributed by atoms with Crippen LogP contribution in [-0.4, -0.2) is 6.61 Å². The van der Waals surface area contributed by atoms with Gasteiger partial charge in [0.05, 0.1) is 6.61 Å². The van der Waals surface area contributed by atoms with E-state index in [1.54, 1.807) is 0 Å². The van der Waals surface area contributed by atoms with E-state index in [-0.39, 0.29) is 0 Å². The average Bonchev–Trinajstić information content (AvgIpc) is 2.07. The summed E-state index contributed by atoms with van der Waals surface area (Å²) in [6.45, 7) is 2.64. The highest BCUT2D eigenvalue weighted by Gasteiger charge is 1.91. The summed E-state index contributed by atoms with van der Waals surface area (Å²) in [4.78, 5) is 0. The minimum atomic E-state index is 0.685. The van der Waals surface area contributed by atoms with Crippen molar-refractivity contribution in [3.05, 3.63) is 31.4 Å². The van der Waals surface area contributed by atoms with Crippen LogP contribution in [0.2, 0.25) is 0 Å². The largest absolute Gasteiger partial charge is 0.494 e. The fourth-order valence-electron chi connectivity index (χ4n) is 0.799. The van der Waals surface area contributed by atoms with Gasteiger partial charge in [0, 0.05) is 0 Å². The molecule has 0 aromatic heterocycles. The molecule has 0 saturated heterocycles. The smallest absolute Gasteiger partial charge is 0.122 e. The molecule has 0 saturated carbocycles. The topological polar surface area (TPSA) is 18.5 Å². The zero-order chi connectivity index (χ0) is 8.10. The normalized spacial score (nSPS) is 9.27. The first-order valence-corrected chi connectivity index (χ1v) is 3.51. The fraction of sp³-hybridized carbons (Fsp3) is 0.222. The molecule has 2 nitrogen and oxygen atoms in total. The SMILES string of the molecule is [CH2]Oc1ccc(OCC)cc1. The van der Waals surface area contributed by atoms with E-state index < -0.39 is 0 Å². The van der Waals surface area contributed by atoms with E-state index in [1.807, 2.05) is 31.2 Å². The maximum absolute atomic E-state index is 5.23. The molecule has 1 rings (SSSR count). The molecule has 1 aromatic carbocycles. The summed E-state index contributed by atoms with van der Waals surface area (Å²) in [5.41, 5.74) is 0. The number of ether oxygens (including phenoxy) is 2. The molecule has 0 aliphatic heterocycles. The molecule has 0 spiro atoms. The van der Waals surface area contributed by atoms with Crippen molar-refractivity contribution in [1.29, 1.82) is 0 Å². The van der Waals surface area contributed by atoms with Gasteiger partial charge in [0.15, 0.2) is 0 Å². The molecule has 0 N–H and O–H groups in total. The standard InChI is InChI=1S/C9H11O2/c1-3-11-9-6-4-8(10-2)5-7-9/h4-7H,2-3H2,1H3. The molecule has 0 aliphatic carbocycles. The highest BCUT2D eigenvalue weighted by molar-refractivity contribution is 5.31. The third kappa shape index (κ3) is 2.15. The maximum Gasteiger partial charge on any atom is 0.122 e. The Balaban J connectivity index is 2.66.